The first kappa shape index (κ1) is 13.0. The molecule has 2 rings (SSSR count). The molecule has 4 nitrogen and oxygen atoms in total. The van der Waals surface area contributed by atoms with E-state index in [1.54, 1.807) is 18.2 Å². The van der Waals surface area contributed by atoms with Crippen molar-refractivity contribution in [2.75, 3.05) is 18.2 Å². The lowest BCUT2D eigenvalue weighted by atomic mass is 10.1. The molecule has 0 unspecified atom stereocenters. The Morgan fingerprint density at radius 1 is 1.16 bits per heavy atom. The number of anilines is 3. The molecule has 2 aromatic carbocycles. The first-order valence-electron chi connectivity index (χ1n) is 5.92. The lowest BCUT2D eigenvalue weighted by molar-refractivity contribution is 0.0602. The number of benzene rings is 2. The summed E-state index contributed by atoms with van der Waals surface area (Å²) in [5.74, 6) is -0.415. The number of nitrogens with one attached hydrogen (secondary N) is 1. The summed E-state index contributed by atoms with van der Waals surface area (Å²) in [4.78, 5) is 11.7. The molecule has 0 amide bonds. The molecule has 0 spiro atoms. The summed E-state index contributed by atoms with van der Waals surface area (Å²) in [5, 5.41) is 3.16. The van der Waals surface area contributed by atoms with Crippen LogP contribution in [0.2, 0.25) is 0 Å². The molecule has 0 saturated carbocycles. The fourth-order valence-electron chi connectivity index (χ4n) is 1.77. The molecule has 2 aromatic rings. The minimum atomic E-state index is -0.415. The zero-order valence-electron chi connectivity index (χ0n) is 10.9. The van der Waals surface area contributed by atoms with E-state index in [9.17, 15) is 4.79 Å². The third-order valence-electron chi connectivity index (χ3n) is 2.82. The minimum Gasteiger partial charge on any atom is -0.465 e. The summed E-state index contributed by atoms with van der Waals surface area (Å²) in [6.07, 6.45) is 0. The maximum Gasteiger partial charge on any atom is 0.340 e. The molecule has 98 valence electrons. The van der Waals surface area contributed by atoms with Crippen LogP contribution >= 0.6 is 0 Å². The van der Waals surface area contributed by atoms with Crippen LogP contribution in [-0.2, 0) is 4.74 Å². The van der Waals surface area contributed by atoms with E-state index < -0.39 is 5.97 Å². The van der Waals surface area contributed by atoms with Gasteiger partial charge in [0.2, 0.25) is 0 Å². The van der Waals surface area contributed by atoms with Crippen LogP contribution in [0.4, 0.5) is 17.1 Å². The number of methoxy groups -OCH3 is 1. The van der Waals surface area contributed by atoms with Crippen molar-refractivity contribution in [3.05, 3.63) is 53.6 Å². The van der Waals surface area contributed by atoms with E-state index in [1.165, 1.54) is 12.7 Å². The third-order valence-corrected chi connectivity index (χ3v) is 2.82. The Morgan fingerprint density at radius 3 is 2.47 bits per heavy atom. The van der Waals surface area contributed by atoms with Crippen molar-refractivity contribution >= 4 is 23.0 Å². The number of para-hydroxylation sites is 1. The Kier molecular flexibility index (Phi) is 3.71. The summed E-state index contributed by atoms with van der Waals surface area (Å²) in [6, 6.07) is 13.0. The van der Waals surface area contributed by atoms with E-state index in [4.69, 9.17) is 10.5 Å². The lowest BCUT2D eigenvalue weighted by Gasteiger charge is -2.13. The van der Waals surface area contributed by atoms with E-state index >= 15 is 0 Å². The van der Waals surface area contributed by atoms with Gasteiger partial charge in [0.15, 0.2) is 0 Å². The second-order valence-corrected chi connectivity index (χ2v) is 4.25. The Balaban J connectivity index is 2.38. The maximum absolute atomic E-state index is 11.7. The number of carbonyl (C=O) groups is 1. The maximum atomic E-state index is 11.7. The zero-order valence-corrected chi connectivity index (χ0v) is 10.9. The first-order valence-corrected chi connectivity index (χ1v) is 5.92. The van der Waals surface area contributed by atoms with Crippen molar-refractivity contribution in [1.82, 2.24) is 0 Å². The average molecular weight is 256 g/mol. The highest BCUT2D eigenvalue weighted by molar-refractivity contribution is 5.99. The van der Waals surface area contributed by atoms with Gasteiger partial charge in [-0.05, 0) is 31.2 Å². The first-order chi connectivity index (χ1) is 9.11. The molecule has 0 fully saturated rings. The van der Waals surface area contributed by atoms with Gasteiger partial charge in [0, 0.05) is 5.69 Å². The number of hydrogen-bond acceptors (Lipinski definition) is 4. The molecule has 19 heavy (non-hydrogen) atoms. The quantitative estimate of drug-likeness (QED) is 0.654. The van der Waals surface area contributed by atoms with Crippen molar-refractivity contribution in [3.63, 3.8) is 0 Å². The average Bonchev–Trinajstić information content (AvgIpc) is 2.42. The molecular weight excluding hydrogens is 240 g/mol. The number of nitrogens with two attached hydrogens (primary N) is 1. The normalized spacial score (nSPS) is 10.0. The van der Waals surface area contributed by atoms with Gasteiger partial charge < -0.3 is 15.8 Å². The monoisotopic (exact) mass is 256 g/mol. The second-order valence-electron chi connectivity index (χ2n) is 4.25. The summed E-state index contributed by atoms with van der Waals surface area (Å²) in [5.41, 5.74) is 9.45. The number of carbonyl (C=O) groups excluding carboxylic acids is 1. The summed E-state index contributed by atoms with van der Waals surface area (Å²) < 4.78 is 4.75. The van der Waals surface area contributed by atoms with Gasteiger partial charge in [-0.15, -0.1) is 0 Å². The summed E-state index contributed by atoms with van der Waals surface area (Å²) in [7, 11) is 1.35. The van der Waals surface area contributed by atoms with Crippen LogP contribution in [0.25, 0.3) is 0 Å². The molecule has 0 atom stereocenters. The number of ether oxygens (including phenoxy) is 1. The molecule has 4 heteroatoms. The molecular formula is C15H16N2O2. The number of esters is 1. The van der Waals surface area contributed by atoms with Crippen LogP contribution < -0.4 is 11.1 Å². The highest BCUT2D eigenvalue weighted by atomic mass is 16.5. The van der Waals surface area contributed by atoms with Gasteiger partial charge in [0.05, 0.1) is 24.0 Å². The Bertz CT molecular complexity index is 592. The van der Waals surface area contributed by atoms with Gasteiger partial charge in [-0.1, -0.05) is 23.8 Å². The van der Waals surface area contributed by atoms with Crippen LogP contribution in [0.3, 0.4) is 0 Å². The van der Waals surface area contributed by atoms with Gasteiger partial charge >= 0.3 is 5.97 Å². The van der Waals surface area contributed by atoms with Crippen molar-refractivity contribution in [1.29, 1.82) is 0 Å². The molecule has 0 heterocycles. The Labute approximate surface area is 112 Å². The van der Waals surface area contributed by atoms with E-state index in [1.807, 2.05) is 31.2 Å². The van der Waals surface area contributed by atoms with Crippen LogP contribution in [0.15, 0.2) is 42.5 Å². The van der Waals surface area contributed by atoms with Gasteiger partial charge in [0.25, 0.3) is 0 Å². The molecule has 0 aliphatic carbocycles. The number of nitrogen functional groups attached to an aromatic ring is 1. The van der Waals surface area contributed by atoms with Crippen molar-refractivity contribution in [3.8, 4) is 0 Å². The largest absolute Gasteiger partial charge is 0.465 e. The molecule has 3 N–H and O–H groups in total. The third kappa shape index (κ3) is 2.85. The van der Waals surface area contributed by atoms with Gasteiger partial charge in [-0.3, -0.25) is 0 Å². The SMILES string of the molecule is COC(=O)c1cccc(N)c1Nc1ccc(C)cc1. The summed E-state index contributed by atoms with van der Waals surface area (Å²) in [6.45, 7) is 2.01. The Hall–Kier alpha value is -2.49. The fraction of sp³-hybridized carbons (Fsp3) is 0.133. The van der Waals surface area contributed by atoms with E-state index in [-0.39, 0.29) is 0 Å². The second kappa shape index (κ2) is 5.44. The van der Waals surface area contributed by atoms with Crippen molar-refractivity contribution in [2.45, 2.75) is 6.92 Å². The molecule has 0 saturated heterocycles. The van der Waals surface area contributed by atoms with Crippen LogP contribution in [0.1, 0.15) is 15.9 Å². The zero-order chi connectivity index (χ0) is 13.8. The molecule has 0 bridgehead atoms. The lowest BCUT2D eigenvalue weighted by Crippen LogP contribution is -2.07. The number of rotatable bonds is 3. The highest BCUT2D eigenvalue weighted by Gasteiger charge is 2.14. The van der Waals surface area contributed by atoms with Gasteiger partial charge in [-0.2, -0.15) is 0 Å². The fourth-order valence-corrected chi connectivity index (χ4v) is 1.77. The number of aryl methyl sites for hydroxylation is 1. The molecule has 0 aliphatic heterocycles. The number of hydrogen-bond donors (Lipinski definition) is 2. The standard InChI is InChI=1S/C15H16N2O2/c1-10-6-8-11(9-7-10)17-14-12(15(18)19-2)4-3-5-13(14)16/h3-9,17H,16H2,1-2H3. The van der Waals surface area contributed by atoms with E-state index in [0.717, 1.165) is 5.69 Å². The van der Waals surface area contributed by atoms with Gasteiger partial charge in [0.1, 0.15) is 0 Å². The predicted octanol–water partition coefficient (Wildman–Crippen LogP) is 3.11. The highest BCUT2D eigenvalue weighted by Crippen LogP contribution is 2.28. The summed E-state index contributed by atoms with van der Waals surface area (Å²) >= 11 is 0. The van der Waals surface area contributed by atoms with Crippen molar-refractivity contribution < 1.29 is 9.53 Å². The van der Waals surface area contributed by atoms with E-state index in [0.29, 0.717) is 16.9 Å². The molecule has 0 aromatic heterocycles. The molecule has 0 aliphatic rings. The van der Waals surface area contributed by atoms with Crippen LogP contribution in [-0.4, -0.2) is 13.1 Å². The molecule has 0 radical (unpaired) electrons. The van der Waals surface area contributed by atoms with Crippen molar-refractivity contribution in [2.24, 2.45) is 0 Å². The smallest absolute Gasteiger partial charge is 0.340 e. The predicted molar refractivity (Wildman–Crippen MR) is 76.7 cm³/mol. The van der Waals surface area contributed by atoms with Crippen LogP contribution in [0.5, 0.6) is 0 Å². The van der Waals surface area contributed by atoms with Gasteiger partial charge in [-0.25, -0.2) is 4.79 Å². The van der Waals surface area contributed by atoms with Crippen LogP contribution in [0, 0.1) is 6.92 Å². The van der Waals surface area contributed by atoms with E-state index in [2.05, 4.69) is 5.32 Å². The topological polar surface area (TPSA) is 64.3 Å². The Morgan fingerprint density at radius 2 is 1.84 bits per heavy atom. The minimum absolute atomic E-state index is 0.415.